The standard InChI is InChI=1S/C20H22N6O2S/c1-2-15-5-3-4-6-17(15)26-13-23-25-20(26)29-12-18(27)22-11-14-7-9-16(10-8-14)24-19(21)28/h3-10,13H,2,11-12H2,1H3,(H,22,27)(H3,21,24,28). The van der Waals surface area contributed by atoms with Crippen molar-refractivity contribution >= 4 is 29.4 Å². The third kappa shape index (κ3) is 5.58. The van der Waals surface area contributed by atoms with Gasteiger partial charge in [0.2, 0.25) is 5.91 Å². The van der Waals surface area contributed by atoms with Gasteiger partial charge in [-0.2, -0.15) is 0 Å². The van der Waals surface area contributed by atoms with E-state index in [1.807, 2.05) is 34.9 Å². The summed E-state index contributed by atoms with van der Waals surface area (Å²) in [5, 5.41) is 14.2. The Kier molecular flexibility index (Phi) is 6.85. The molecular weight excluding hydrogens is 388 g/mol. The smallest absolute Gasteiger partial charge is 0.316 e. The van der Waals surface area contributed by atoms with Gasteiger partial charge in [0.1, 0.15) is 6.33 Å². The van der Waals surface area contributed by atoms with Gasteiger partial charge in [-0.15, -0.1) is 10.2 Å². The molecule has 29 heavy (non-hydrogen) atoms. The second-order valence-corrected chi connectivity index (χ2v) is 7.16. The first-order chi connectivity index (χ1) is 14.1. The van der Waals surface area contributed by atoms with Crippen molar-refractivity contribution in [2.24, 2.45) is 5.73 Å². The summed E-state index contributed by atoms with van der Waals surface area (Å²) in [5.74, 6) is 0.126. The topological polar surface area (TPSA) is 115 Å². The van der Waals surface area contributed by atoms with Crippen LogP contribution in [0.3, 0.4) is 0 Å². The van der Waals surface area contributed by atoms with Crippen LogP contribution in [0, 0.1) is 0 Å². The lowest BCUT2D eigenvalue weighted by atomic mass is 10.1. The fourth-order valence-corrected chi connectivity index (χ4v) is 3.51. The van der Waals surface area contributed by atoms with Crippen molar-refractivity contribution in [3.63, 3.8) is 0 Å². The molecule has 0 saturated heterocycles. The van der Waals surface area contributed by atoms with Gasteiger partial charge in [0.05, 0.1) is 11.4 Å². The molecule has 0 aliphatic carbocycles. The van der Waals surface area contributed by atoms with E-state index in [-0.39, 0.29) is 11.7 Å². The monoisotopic (exact) mass is 410 g/mol. The van der Waals surface area contributed by atoms with Crippen LogP contribution in [0.5, 0.6) is 0 Å². The summed E-state index contributed by atoms with van der Waals surface area (Å²) in [5.41, 5.74) is 8.81. The molecular formula is C20H22N6O2S. The first kappa shape index (κ1) is 20.4. The summed E-state index contributed by atoms with van der Waals surface area (Å²) in [4.78, 5) is 23.1. The fraction of sp³-hybridized carbons (Fsp3) is 0.200. The van der Waals surface area contributed by atoms with Crippen LogP contribution in [-0.4, -0.2) is 32.5 Å². The van der Waals surface area contributed by atoms with Gasteiger partial charge < -0.3 is 16.4 Å². The molecule has 150 valence electrons. The molecule has 2 aromatic carbocycles. The number of nitrogens with zero attached hydrogens (tertiary/aromatic N) is 3. The third-order valence-corrected chi connectivity index (χ3v) is 5.14. The highest BCUT2D eigenvalue weighted by atomic mass is 32.2. The molecule has 0 saturated carbocycles. The van der Waals surface area contributed by atoms with Crippen LogP contribution in [0.1, 0.15) is 18.1 Å². The number of amides is 3. The van der Waals surface area contributed by atoms with E-state index >= 15 is 0 Å². The molecule has 0 atom stereocenters. The molecule has 0 bridgehead atoms. The number of para-hydroxylation sites is 1. The first-order valence-corrected chi connectivity index (χ1v) is 10.1. The largest absolute Gasteiger partial charge is 0.351 e. The van der Waals surface area contributed by atoms with E-state index in [0.717, 1.165) is 17.7 Å². The van der Waals surface area contributed by atoms with Crippen LogP contribution in [0.25, 0.3) is 5.69 Å². The molecule has 0 fully saturated rings. The number of aryl methyl sites for hydroxylation is 1. The van der Waals surface area contributed by atoms with Gasteiger partial charge in [0, 0.05) is 12.2 Å². The Labute approximate surface area is 172 Å². The number of primary amides is 1. The number of carbonyl (C=O) groups is 2. The van der Waals surface area contributed by atoms with Crippen LogP contribution < -0.4 is 16.4 Å². The molecule has 3 aromatic rings. The van der Waals surface area contributed by atoms with Crippen molar-refractivity contribution in [1.82, 2.24) is 20.1 Å². The number of thioether (sulfide) groups is 1. The quantitative estimate of drug-likeness (QED) is 0.494. The van der Waals surface area contributed by atoms with E-state index in [0.29, 0.717) is 17.4 Å². The molecule has 4 N–H and O–H groups in total. The second kappa shape index (κ2) is 9.74. The number of anilines is 1. The third-order valence-electron chi connectivity index (χ3n) is 4.19. The Morgan fingerprint density at radius 1 is 1.14 bits per heavy atom. The zero-order chi connectivity index (χ0) is 20.6. The number of rotatable bonds is 8. The summed E-state index contributed by atoms with van der Waals surface area (Å²) in [6.45, 7) is 2.49. The lowest BCUT2D eigenvalue weighted by molar-refractivity contribution is -0.118. The highest BCUT2D eigenvalue weighted by molar-refractivity contribution is 7.99. The number of hydrogen-bond acceptors (Lipinski definition) is 5. The molecule has 3 amide bonds. The maximum atomic E-state index is 12.2. The Hall–Kier alpha value is -3.33. The molecule has 8 nitrogen and oxygen atoms in total. The summed E-state index contributed by atoms with van der Waals surface area (Å²) in [7, 11) is 0. The minimum absolute atomic E-state index is 0.104. The molecule has 0 unspecified atom stereocenters. The average molecular weight is 411 g/mol. The summed E-state index contributed by atoms with van der Waals surface area (Å²) >= 11 is 1.34. The minimum atomic E-state index is -0.613. The molecule has 0 aliphatic rings. The molecule has 0 aliphatic heterocycles. The molecule has 0 radical (unpaired) electrons. The van der Waals surface area contributed by atoms with Crippen LogP contribution in [0.2, 0.25) is 0 Å². The average Bonchev–Trinajstić information content (AvgIpc) is 3.19. The highest BCUT2D eigenvalue weighted by Crippen LogP contribution is 2.22. The number of nitrogens with one attached hydrogen (secondary N) is 2. The van der Waals surface area contributed by atoms with Gasteiger partial charge in [-0.25, -0.2) is 4.79 Å². The van der Waals surface area contributed by atoms with E-state index in [9.17, 15) is 9.59 Å². The van der Waals surface area contributed by atoms with Crippen LogP contribution >= 0.6 is 11.8 Å². The van der Waals surface area contributed by atoms with Gasteiger partial charge in [-0.3, -0.25) is 9.36 Å². The van der Waals surface area contributed by atoms with Crippen molar-refractivity contribution in [2.45, 2.75) is 25.0 Å². The van der Waals surface area contributed by atoms with E-state index in [1.54, 1.807) is 18.5 Å². The van der Waals surface area contributed by atoms with E-state index in [2.05, 4.69) is 33.8 Å². The summed E-state index contributed by atoms with van der Waals surface area (Å²) in [6.07, 6.45) is 2.56. The van der Waals surface area contributed by atoms with E-state index < -0.39 is 6.03 Å². The Balaban J connectivity index is 1.54. The van der Waals surface area contributed by atoms with Crippen LogP contribution in [0.15, 0.2) is 60.0 Å². The van der Waals surface area contributed by atoms with Gasteiger partial charge in [-0.05, 0) is 35.7 Å². The lowest BCUT2D eigenvalue weighted by Crippen LogP contribution is -2.24. The number of benzene rings is 2. The van der Waals surface area contributed by atoms with Gasteiger partial charge in [0.25, 0.3) is 0 Å². The van der Waals surface area contributed by atoms with Gasteiger partial charge in [0.15, 0.2) is 5.16 Å². The van der Waals surface area contributed by atoms with Crippen molar-refractivity contribution in [3.8, 4) is 5.69 Å². The van der Waals surface area contributed by atoms with Crippen molar-refractivity contribution in [2.75, 3.05) is 11.1 Å². The predicted molar refractivity (Wildman–Crippen MR) is 113 cm³/mol. The van der Waals surface area contributed by atoms with Crippen molar-refractivity contribution in [3.05, 3.63) is 66.0 Å². The van der Waals surface area contributed by atoms with E-state index in [1.165, 1.54) is 17.3 Å². The number of carbonyl (C=O) groups excluding carboxylic acids is 2. The maximum Gasteiger partial charge on any atom is 0.316 e. The van der Waals surface area contributed by atoms with E-state index in [4.69, 9.17) is 5.73 Å². The number of aromatic nitrogens is 3. The SMILES string of the molecule is CCc1ccccc1-n1cnnc1SCC(=O)NCc1ccc(NC(N)=O)cc1. The Morgan fingerprint density at radius 2 is 1.90 bits per heavy atom. The summed E-state index contributed by atoms with van der Waals surface area (Å²) < 4.78 is 1.90. The minimum Gasteiger partial charge on any atom is -0.351 e. The molecule has 9 heteroatoms. The number of urea groups is 1. The second-order valence-electron chi connectivity index (χ2n) is 6.22. The van der Waals surface area contributed by atoms with Crippen LogP contribution in [-0.2, 0) is 17.8 Å². The number of nitrogens with two attached hydrogens (primary N) is 1. The maximum absolute atomic E-state index is 12.2. The number of hydrogen-bond donors (Lipinski definition) is 3. The van der Waals surface area contributed by atoms with Gasteiger partial charge in [-0.1, -0.05) is 49.0 Å². The molecule has 1 heterocycles. The molecule has 1 aromatic heterocycles. The summed E-state index contributed by atoms with van der Waals surface area (Å²) in [6, 6.07) is 14.5. The Morgan fingerprint density at radius 3 is 2.62 bits per heavy atom. The first-order valence-electron chi connectivity index (χ1n) is 9.10. The fourth-order valence-electron chi connectivity index (χ4n) is 2.76. The van der Waals surface area contributed by atoms with Gasteiger partial charge >= 0.3 is 6.03 Å². The molecule has 0 spiro atoms. The van der Waals surface area contributed by atoms with Crippen LogP contribution in [0.4, 0.5) is 10.5 Å². The zero-order valence-electron chi connectivity index (χ0n) is 16.0. The normalized spacial score (nSPS) is 10.5. The zero-order valence-corrected chi connectivity index (χ0v) is 16.8. The predicted octanol–water partition coefficient (Wildman–Crippen LogP) is 2.73. The lowest BCUT2D eigenvalue weighted by Gasteiger charge is -2.10. The van der Waals surface area contributed by atoms with Crippen molar-refractivity contribution in [1.29, 1.82) is 0 Å². The highest BCUT2D eigenvalue weighted by Gasteiger charge is 2.12. The van der Waals surface area contributed by atoms with Crippen molar-refractivity contribution < 1.29 is 9.59 Å². The molecule has 3 rings (SSSR count). The Bertz CT molecular complexity index is 987.